The number of fused-ring (bicyclic) bond motifs is 1. The number of pyridine rings is 1. The fourth-order valence-electron chi connectivity index (χ4n) is 2.61. The van der Waals surface area contributed by atoms with Crippen LogP contribution in [0.4, 0.5) is 0 Å². The monoisotopic (exact) mass is 314 g/mol. The zero-order valence-corrected chi connectivity index (χ0v) is 12.2. The van der Waals surface area contributed by atoms with E-state index in [0.29, 0.717) is 22.5 Å². The molecule has 0 aliphatic heterocycles. The molecule has 110 valence electrons. The Bertz CT molecular complexity index is 902. The molecule has 3 aromatic rings. The minimum atomic E-state index is -0.991. The van der Waals surface area contributed by atoms with Crippen LogP contribution in [-0.4, -0.2) is 30.6 Å². The van der Waals surface area contributed by atoms with Crippen LogP contribution in [0.1, 0.15) is 34.7 Å². The van der Waals surface area contributed by atoms with Crippen LogP contribution in [0.15, 0.2) is 30.9 Å². The van der Waals surface area contributed by atoms with Gasteiger partial charge in [-0.25, -0.2) is 19.7 Å². The molecule has 0 bridgehead atoms. The van der Waals surface area contributed by atoms with Gasteiger partial charge in [0.25, 0.3) is 0 Å². The van der Waals surface area contributed by atoms with Gasteiger partial charge in [-0.1, -0.05) is 11.6 Å². The summed E-state index contributed by atoms with van der Waals surface area (Å²) in [6, 6.07) is 2.98. The van der Waals surface area contributed by atoms with E-state index in [2.05, 4.69) is 15.0 Å². The highest BCUT2D eigenvalue weighted by Crippen LogP contribution is 2.45. The van der Waals surface area contributed by atoms with Crippen LogP contribution >= 0.6 is 11.6 Å². The summed E-state index contributed by atoms with van der Waals surface area (Å²) in [4.78, 5) is 23.8. The molecule has 0 saturated heterocycles. The Kier molecular flexibility index (Phi) is 2.87. The number of carboxylic acid groups (broad SMARTS) is 1. The predicted molar refractivity (Wildman–Crippen MR) is 80.6 cm³/mol. The van der Waals surface area contributed by atoms with Gasteiger partial charge in [-0.3, -0.25) is 4.57 Å². The minimum Gasteiger partial charge on any atom is -0.478 e. The molecule has 0 atom stereocenters. The summed E-state index contributed by atoms with van der Waals surface area (Å²) in [7, 11) is 0. The Hall–Kier alpha value is -2.47. The van der Waals surface area contributed by atoms with E-state index in [4.69, 9.17) is 16.7 Å². The highest BCUT2D eigenvalue weighted by molar-refractivity contribution is 6.34. The number of rotatable bonds is 3. The molecule has 1 aliphatic carbocycles. The number of hydrogen-bond acceptors (Lipinski definition) is 4. The van der Waals surface area contributed by atoms with E-state index >= 15 is 0 Å². The molecule has 3 heterocycles. The lowest BCUT2D eigenvalue weighted by Gasteiger charge is -2.04. The molecule has 0 amide bonds. The first-order valence-corrected chi connectivity index (χ1v) is 7.24. The quantitative estimate of drug-likeness (QED) is 0.751. The molecular formula is C15H11ClN4O2. The van der Waals surface area contributed by atoms with Gasteiger partial charge in [0.1, 0.15) is 17.3 Å². The van der Waals surface area contributed by atoms with Gasteiger partial charge >= 0.3 is 5.97 Å². The maximum Gasteiger partial charge on any atom is 0.335 e. The number of hydrogen-bond donors (Lipinski definition) is 1. The van der Waals surface area contributed by atoms with Crippen molar-refractivity contribution in [1.82, 2.24) is 19.5 Å². The van der Waals surface area contributed by atoms with Crippen molar-refractivity contribution in [1.29, 1.82) is 0 Å². The topological polar surface area (TPSA) is 80.9 Å². The molecule has 0 radical (unpaired) electrons. The van der Waals surface area contributed by atoms with E-state index in [9.17, 15) is 4.79 Å². The molecule has 1 aliphatic rings. The average molecular weight is 315 g/mol. The van der Waals surface area contributed by atoms with Crippen molar-refractivity contribution >= 4 is 28.6 Å². The summed E-state index contributed by atoms with van der Waals surface area (Å²) in [6.07, 6.45) is 7.06. The van der Waals surface area contributed by atoms with E-state index in [1.54, 1.807) is 4.57 Å². The van der Waals surface area contributed by atoms with Gasteiger partial charge in [0, 0.05) is 12.4 Å². The highest BCUT2D eigenvalue weighted by Gasteiger charge is 2.29. The SMILES string of the molecule is O=C(O)c1ccnc(-n2cc(C3CC3)c3c(Cl)ncnc32)c1. The molecule has 6 nitrogen and oxygen atoms in total. The summed E-state index contributed by atoms with van der Waals surface area (Å²) in [5.74, 6) is -0.0170. The lowest BCUT2D eigenvalue weighted by molar-refractivity contribution is 0.0696. The van der Waals surface area contributed by atoms with Gasteiger partial charge in [0.2, 0.25) is 0 Å². The third-order valence-corrected chi connectivity index (χ3v) is 4.11. The second-order valence-electron chi connectivity index (χ2n) is 5.30. The largest absolute Gasteiger partial charge is 0.478 e. The molecule has 1 N–H and O–H groups in total. The van der Waals surface area contributed by atoms with Crippen molar-refractivity contribution in [2.45, 2.75) is 18.8 Å². The van der Waals surface area contributed by atoms with E-state index < -0.39 is 5.97 Å². The molecule has 0 unspecified atom stereocenters. The van der Waals surface area contributed by atoms with Crippen LogP contribution in [0.2, 0.25) is 5.15 Å². The fraction of sp³-hybridized carbons (Fsp3) is 0.200. The number of halogens is 1. The van der Waals surface area contributed by atoms with Gasteiger partial charge in [-0.15, -0.1) is 0 Å². The second-order valence-corrected chi connectivity index (χ2v) is 5.66. The number of nitrogens with zero attached hydrogens (tertiary/aromatic N) is 4. The van der Waals surface area contributed by atoms with Crippen LogP contribution in [0.25, 0.3) is 16.9 Å². The van der Waals surface area contributed by atoms with Gasteiger partial charge in [0.05, 0.1) is 10.9 Å². The summed E-state index contributed by atoms with van der Waals surface area (Å²) in [5, 5.41) is 10.4. The fourth-order valence-corrected chi connectivity index (χ4v) is 2.85. The second kappa shape index (κ2) is 4.78. The zero-order chi connectivity index (χ0) is 15.3. The number of aromatic carboxylic acids is 1. The smallest absolute Gasteiger partial charge is 0.335 e. The Morgan fingerprint density at radius 1 is 1.32 bits per heavy atom. The minimum absolute atomic E-state index is 0.181. The third-order valence-electron chi connectivity index (χ3n) is 3.82. The third kappa shape index (κ3) is 2.03. The maximum atomic E-state index is 11.1. The summed E-state index contributed by atoms with van der Waals surface area (Å²) in [5.41, 5.74) is 1.93. The predicted octanol–water partition coefficient (Wildman–Crippen LogP) is 3.04. The zero-order valence-electron chi connectivity index (χ0n) is 11.4. The van der Waals surface area contributed by atoms with Crippen LogP contribution < -0.4 is 0 Å². The van der Waals surface area contributed by atoms with Gasteiger partial charge in [-0.2, -0.15) is 0 Å². The lowest BCUT2D eigenvalue weighted by Crippen LogP contribution is -2.02. The molecule has 0 aromatic carbocycles. The number of carboxylic acids is 1. The highest BCUT2D eigenvalue weighted by atomic mass is 35.5. The van der Waals surface area contributed by atoms with Crippen LogP contribution in [0.5, 0.6) is 0 Å². The Balaban J connectivity index is 1.97. The van der Waals surface area contributed by atoms with Crippen molar-refractivity contribution in [3.8, 4) is 5.82 Å². The maximum absolute atomic E-state index is 11.1. The van der Waals surface area contributed by atoms with E-state index in [-0.39, 0.29) is 5.56 Å². The van der Waals surface area contributed by atoms with Crippen molar-refractivity contribution in [3.63, 3.8) is 0 Å². The van der Waals surface area contributed by atoms with E-state index in [1.165, 1.54) is 24.7 Å². The Labute approximate surface area is 130 Å². The molecule has 1 saturated carbocycles. The first kappa shape index (κ1) is 13.2. The van der Waals surface area contributed by atoms with Crippen LogP contribution in [0, 0.1) is 0 Å². The molecule has 7 heteroatoms. The first-order chi connectivity index (χ1) is 10.6. The summed E-state index contributed by atoms with van der Waals surface area (Å²) >= 11 is 6.24. The summed E-state index contributed by atoms with van der Waals surface area (Å²) in [6.45, 7) is 0. The molecule has 1 fully saturated rings. The molecule has 22 heavy (non-hydrogen) atoms. The van der Waals surface area contributed by atoms with E-state index in [0.717, 1.165) is 23.8 Å². The van der Waals surface area contributed by atoms with Gasteiger partial charge in [0.15, 0.2) is 5.65 Å². The average Bonchev–Trinajstić information content (AvgIpc) is 3.28. The van der Waals surface area contributed by atoms with Gasteiger partial charge in [-0.05, 0) is 36.5 Å². The van der Waals surface area contributed by atoms with E-state index in [1.807, 2.05) is 6.20 Å². The molecular weight excluding hydrogens is 304 g/mol. The molecule has 4 rings (SSSR count). The Morgan fingerprint density at radius 2 is 2.14 bits per heavy atom. The Morgan fingerprint density at radius 3 is 2.86 bits per heavy atom. The molecule has 3 aromatic heterocycles. The van der Waals surface area contributed by atoms with Crippen LogP contribution in [0.3, 0.4) is 0 Å². The summed E-state index contributed by atoms with van der Waals surface area (Å²) < 4.78 is 1.78. The van der Waals surface area contributed by atoms with Crippen molar-refractivity contribution in [3.05, 3.63) is 47.1 Å². The number of aromatic nitrogens is 4. The standard InChI is InChI=1S/C15H11ClN4O2/c16-13-12-10(8-1-2-8)6-20(14(12)19-7-18-13)11-5-9(15(21)22)3-4-17-11/h3-8H,1-2H2,(H,21,22). The normalized spacial score (nSPS) is 14.4. The van der Waals surface area contributed by atoms with Crippen molar-refractivity contribution in [2.24, 2.45) is 0 Å². The molecule has 0 spiro atoms. The van der Waals surface area contributed by atoms with Crippen LogP contribution in [-0.2, 0) is 0 Å². The van der Waals surface area contributed by atoms with Crippen molar-refractivity contribution in [2.75, 3.05) is 0 Å². The van der Waals surface area contributed by atoms with Crippen molar-refractivity contribution < 1.29 is 9.90 Å². The first-order valence-electron chi connectivity index (χ1n) is 6.86. The lowest BCUT2D eigenvalue weighted by atomic mass is 10.2. The van der Waals surface area contributed by atoms with Gasteiger partial charge < -0.3 is 5.11 Å². The number of carbonyl (C=O) groups is 1.